The lowest BCUT2D eigenvalue weighted by atomic mass is 9.90. The number of aromatic amines is 1. The highest BCUT2D eigenvalue weighted by molar-refractivity contribution is 5.85. The molecule has 1 aliphatic rings. The molecule has 3 rings (SSSR count). The Morgan fingerprint density at radius 3 is 2.61 bits per heavy atom. The van der Waals surface area contributed by atoms with Crippen molar-refractivity contribution in [2.45, 2.75) is 52.9 Å². The molecule has 0 radical (unpaired) electrons. The minimum Gasteiger partial charge on any atom is -0.358 e. The van der Waals surface area contributed by atoms with Gasteiger partial charge in [0.1, 0.15) is 0 Å². The first-order chi connectivity index (χ1) is 11.0. The third-order valence-electron chi connectivity index (χ3n) is 5.09. The Labute approximate surface area is 139 Å². The monoisotopic (exact) mass is 312 g/mol. The highest BCUT2D eigenvalue weighted by atomic mass is 16.2. The molecule has 1 aliphatic heterocycles. The van der Waals surface area contributed by atoms with E-state index in [0.29, 0.717) is 24.2 Å². The van der Waals surface area contributed by atoms with Crippen molar-refractivity contribution in [2.75, 3.05) is 13.1 Å². The Kier molecular flexibility index (Phi) is 4.47. The molecule has 23 heavy (non-hydrogen) atoms. The summed E-state index contributed by atoms with van der Waals surface area (Å²) in [6, 6.07) is 6.61. The van der Waals surface area contributed by atoms with Gasteiger partial charge in [-0.2, -0.15) is 0 Å². The topological polar surface area (TPSA) is 36.1 Å². The summed E-state index contributed by atoms with van der Waals surface area (Å²) in [5.74, 6) is 1.31. The predicted octanol–water partition coefficient (Wildman–Crippen LogP) is 4.54. The van der Waals surface area contributed by atoms with E-state index in [9.17, 15) is 4.79 Å². The number of hydrogen-bond acceptors (Lipinski definition) is 1. The number of carbonyl (C=O) groups is 1. The van der Waals surface area contributed by atoms with Crippen LogP contribution in [0.15, 0.2) is 18.2 Å². The van der Waals surface area contributed by atoms with Crippen LogP contribution in [0.3, 0.4) is 0 Å². The van der Waals surface area contributed by atoms with Crippen LogP contribution in [0.25, 0.3) is 10.9 Å². The smallest absolute Gasteiger partial charge is 0.222 e. The maximum atomic E-state index is 12.2. The molecule has 124 valence electrons. The number of carbonyl (C=O) groups excluding carboxylic acids is 1. The minimum atomic E-state index is 0.322. The largest absolute Gasteiger partial charge is 0.358 e. The van der Waals surface area contributed by atoms with E-state index < -0.39 is 0 Å². The van der Waals surface area contributed by atoms with Gasteiger partial charge in [0.25, 0.3) is 0 Å². The lowest BCUT2D eigenvalue weighted by Gasteiger charge is -2.32. The minimum absolute atomic E-state index is 0.322. The van der Waals surface area contributed by atoms with E-state index in [2.05, 4.69) is 55.8 Å². The molecular weight excluding hydrogens is 284 g/mol. The maximum Gasteiger partial charge on any atom is 0.222 e. The number of H-pyrrole nitrogens is 1. The van der Waals surface area contributed by atoms with Gasteiger partial charge in [-0.05, 0) is 50.3 Å². The quantitative estimate of drug-likeness (QED) is 0.887. The molecule has 0 spiro atoms. The SMILES string of the molecule is Cc1ccc2[nH]c(C3CCN(C(=O)CC(C)C)CC3)c(C)c2c1. The maximum absolute atomic E-state index is 12.2. The van der Waals surface area contributed by atoms with Crippen molar-refractivity contribution < 1.29 is 4.79 Å². The van der Waals surface area contributed by atoms with Gasteiger partial charge in [0.15, 0.2) is 0 Å². The average molecular weight is 312 g/mol. The fourth-order valence-electron chi connectivity index (χ4n) is 3.77. The van der Waals surface area contributed by atoms with Gasteiger partial charge in [-0.1, -0.05) is 25.5 Å². The number of piperidine rings is 1. The Morgan fingerprint density at radius 1 is 1.26 bits per heavy atom. The van der Waals surface area contributed by atoms with Crippen LogP contribution >= 0.6 is 0 Å². The molecule has 0 saturated carbocycles. The Bertz CT molecular complexity index is 706. The number of aromatic nitrogens is 1. The first-order valence-corrected chi connectivity index (χ1v) is 8.82. The molecule has 1 saturated heterocycles. The van der Waals surface area contributed by atoms with Gasteiger partial charge >= 0.3 is 0 Å². The zero-order valence-electron chi connectivity index (χ0n) is 14.8. The molecule has 0 unspecified atom stereocenters. The molecule has 1 fully saturated rings. The second kappa shape index (κ2) is 6.38. The highest BCUT2D eigenvalue weighted by Crippen LogP contribution is 2.34. The number of hydrogen-bond donors (Lipinski definition) is 1. The summed E-state index contributed by atoms with van der Waals surface area (Å²) in [6.45, 7) is 10.4. The van der Waals surface area contributed by atoms with Gasteiger partial charge < -0.3 is 9.88 Å². The molecule has 3 nitrogen and oxygen atoms in total. The van der Waals surface area contributed by atoms with Crippen LogP contribution in [0.5, 0.6) is 0 Å². The summed E-state index contributed by atoms with van der Waals surface area (Å²) in [5, 5.41) is 1.35. The summed E-state index contributed by atoms with van der Waals surface area (Å²) in [7, 11) is 0. The van der Waals surface area contributed by atoms with Crippen LogP contribution in [0, 0.1) is 19.8 Å². The van der Waals surface area contributed by atoms with E-state index >= 15 is 0 Å². The number of aryl methyl sites for hydroxylation is 2. The Morgan fingerprint density at radius 2 is 1.96 bits per heavy atom. The first-order valence-electron chi connectivity index (χ1n) is 8.82. The van der Waals surface area contributed by atoms with Crippen LogP contribution in [-0.2, 0) is 4.79 Å². The van der Waals surface area contributed by atoms with E-state index in [1.54, 1.807) is 0 Å². The molecule has 3 heteroatoms. The van der Waals surface area contributed by atoms with Crippen molar-refractivity contribution in [1.82, 2.24) is 9.88 Å². The van der Waals surface area contributed by atoms with E-state index in [1.165, 1.54) is 27.7 Å². The van der Waals surface area contributed by atoms with Gasteiger partial charge in [-0.3, -0.25) is 4.79 Å². The highest BCUT2D eigenvalue weighted by Gasteiger charge is 2.26. The number of nitrogens with zero attached hydrogens (tertiary/aromatic N) is 1. The third-order valence-corrected chi connectivity index (χ3v) is 5.09. The number of nitrogens with one attached hydrogen (secondary N) is 1. The van der Waals surface area contributed by atoms with Crippen LogP contribution < -0.4 is 0 Å². The van der Waals surface area contributed by atoms with Crippen molar-refractivity contribution in [2.24, 2.45) is 5.92 Å². The molecule has 1 aromatic heterocycles. The van der Waals surface area contributed by atoms with Gasteiger partial charge in [0.05, 0.1) is 0 Å². The Hall–Kier alpha value is -1.77. The summed E-state index contributed by atoms with van der Waals surface area (Å²) >= 11 is 0. The van der Waals surface area contributed by atoms with E-state index in [0.717, 1.165) is 25.9 Å². The van der Waals surface area contributed by atoms with Crippen molar-refractivity contribution in [3.63, 3.8) is 0 Å². The van der Waals surface area contributed by atoms with Gasteiger partial charge in [0.2, 0.25) is 5.91 Å². The fraction of sp³-hybridized carbons (Fsp3) is 0.550. The standard InChI is InChI=1S/C20H28N2O/c1-13(2)11-19(23)22-9-7-16(8-10-22)20-15(4)17-12-14(3)5-6-18(17)21-20/h5-6,12-13,16,21H,7-11H2,1-4H3. The zero-order chi connectivity index (χ0) is 16.6. The molecule has 1 amide bonds. The number of likely N-dealkylation sites (tertiary alicyclic amines) is 1. The lowest BCUT2D eigenvalue weighted by molar-refractivity contribution is -0.133. The summed E-state index contributed by atoms with van der Waals surface area (Å²) in [6.07, 6.45) is 2.81. The second-order valence-corrected chi connectivity index (χ2v) is 7.47. The number of benzene rings is 1. The summed E-state index contributed by atoms with van der Waals surface area (Å²) < 4.78 is 0. The van der Waals surface area contributed by atoms with Crippen molar-refractivity contribution in [3.8, 4) is 0 Å². The second-order valence-electron chi connectivity index (χ2n) is 7.47. The molecule has 2 aromatic rings. The van der Waals surface area contributed by atoms with Crippen molar-refractivity contribution >= 4 is 16.8 Å². The van der Waals surface area contributed by atoms with E-state index in [1.807, 2.05) is 0 Å². The summed E-state index contributed by atoms with van der Waals surface area (Å²) in [4.78, 5) is 17.9. The summed E-state index contributed by atoms with van der Waals surface area (Å²) in [5.41, 5.74) is 5.30. The van der Waals surface area contributed by atoms with Crippen LogP contribution in [-0.4, -0.2) is 28.9 Å². The van der Waals surface area contributed by atoms with Gasteiger partial charge in [0, 0.05) is 42.0 Å². The van der Waals surface area contributed by atoms with Crippen molar-refractivity contribution in [3.05, 3.63) is 35.0 Å². The lowest BCUT2D eigenvalue weighted by Crippen LogP contribution is -2.38. The number of fused-ring (bicyclic) bond motifs is 1. The normalized spacial score (nSPS) is 16.5. The van der Waals surface area contributed by atoms with Gasteiger partial charge in [-0.15, -0.1) is 0 Å². The van der Waals surface area contributed by atoms with Crippen molar-refractivity contribution in [1.29, 1.82) is 0 Å². The third kappa shape index (κ3) is 3.29. The number of rotatable bonds is 3. The predicted molar refractivity (Wildman–Crippen MR) is 95.8 cm³/mol. The van der Waals surface area contributed by atoms with E-state index in [4.69, 9.17) is 0 Å². The van der Waals surface area contributed by atoms with Crippen LogP contribution in [0.2, 0.25) is 0 Å². The molecule has 0 atom stereocenters. The molecule has 2 heterocycles. The zero-order valence-corrected chi connectivity index (χ0v) is 14.8. The molecule has 1 N–H and O–H groups in total. The molecule has 1 aromatic carbocycles. The number of amides is 1. The Balaban J connectivity index is 1.73. The molecular formula is C20H28N2O. The molecule has 0 aliphatic carbocycles. The fourth-order valence-corrected chi connectivity index (χ4v) is 3.77. The van der Waals surface area contributed by atoms with E-state index in [-0.39, 0.29) is 0 Å². The average Bonchev–Trinajstić information content (AvgIpc) is 2.84. The van der Waals surface area contributed by atoms with Crippen LogP contribution in [0.1, 0.15) is 55.8 Å². The molecule has 0 bridgehead atoms. The van der Waals surface area contributed by atoms with Crippen LogP contribution in [0.4, 0.5) is 0 Å². The first kappa shape index (κ1) is 16.1. The van der Waals surface area contributed by atoms with Gasteiger partial charge in [-0.25, -0.2) is 0 Å².